The van der Waals surface area contributed by atoms with Gasteiger partial charge in [0, 0.05) is 18.2 Å². The molecule has 1 aliphatic heterocycles. The van der Waals surface area contributed by atoms with Crippen LogP contribution in [-0.4, -0.2) is 85.9 Å². The zero-order valence-electron chi connectivity index (χ0n) is 21.4. The van der Waals surface area contributed by atoms with Crippen LogP contribution in [0.15, 0.2) is 15.8 Å². The third-order valence-corrected chi connectivity index (χ3v) is 8.43. The first kappa shape index (κ1) is 36.3. The number of hydrogen-bond acceptors (Lipinski definition) is 14. The van der Waals surface area contributed by atoms with Crippen LogP contribution < -0.4 is 11.2 Å². The van der Waals surface area contributed by atoms with Crippen LogP contribution in [0.1, 0.15) is 25.1 Å². The molecule has 1 fully saturated rings. The van der Waals surface area contributed by atoms with E-state index in [4.69, 9.17) is 19.0 Å². The Kier molecular flexibility index (Phi) is 13.4. The van der Waals surface area contributed by atoms with Crippen LogP contribution in [0.4, 0.5) is 0 Å². The molecule has 238 valence electrons. The van der Waals surface area contributed by atoms with Crippen molar-refractivity contribution in [2.75, 3.05) is 39.6 Å². The maximum absolute atomic E-state index is 12.5. The van der Waals surface area contributed by atoms with Crippen molar-refractivity contribution in [2.45, 2.75) is 38.7 Å². The van der Waals surface area contributed by atoms with Gasteiger partial charge in [0.1, 0.15) is 18.4 Å². The number of H-pyrrole nitrogens is 1. The molecule has 6 atom stereocenters. The van der Waals surface area contributed by atoms with E-state index < -0.39 is 94.0 Å². The van der Waals surface area contributed by atoms with Crippen molar-refractivity contribution in [1.29, 1.82) is 0 Å². The molecule has 6 N–H and O–H groups in total. The smallest absolute Gasteiger partial charge is 0.349 e. The van der Waals surface area contributed by atoms with Crippen LogP contribution in [0, 0.1) is 6.92 Å². The van der Waals surface area contributed by atoms with Gasteiger partial charge in [0.2, 0.25) is 0 Å². The molecule has 1 aromatic heterocycles. The standard InChI is InChI=1S/C16H30N2O19P4/c1-3-30-39(24,25)31-4-5-32-40(26,27)33-6-7-34-41(28,29)37-12-8-14(36-13(12)10-35-38(21,22)23)18-9-11(2)15(19)17-16(18)20/h9,12-14H,3-8,10H2,1-2H3,(H,24,25)(H,26,27)(H,28,29)(H,17,19,20)(H2,21,22,23). The Hall–Kier alpha value is -0.920. The van der Waals surface area contributed by atoms with Gasteiger partial charge in [0.25, 0.3) is 5.56 Å². The van der Waals surface area contributed by atoms with Crippen molar-refractivity contribution in [3.8, 4) is 0 Å². The van der Waals surface area contributed by atoms with Gasteiger partial charge < -0.3 is 29.2 Å². The van der Waals surface area contributed by atoms with Crippen LogP contribution in [-0.2, 0) is 54.7 Å². The monoisotopic (exact) mass is 678 g/mol. The molecule has 25 heteroatoms. The molecular formula is C16H30N2O19P4. The molecule has 0 aliphatic carbocycles. The first-order valence-electron chi connectivity index (χ1n) is 11.4. The summed E-state index contributed by atoms with van der Waals surface area (Å²) in [6.45, 7) is -0.979. The summed E-state index contributed by atoms with van der Waals surface area (Å²) in [6, 6.07) is 0. The van der Waals surface area contributed by atoms with Crippen molar-refractivity contribution < 1.29 is 79.1 Å². The number of phosphoric acid groups is 4. The highest BCUT2D eigenvalue weighted by Crippen LogP contribution is 2.50. The third-order valence-electron chi connectivity index (χ3n) is 4.79. The van der Waals surface area contributed by atoms with Crippen molar-refractivity contribution in [2.24, 2.45) is 0 Å². The Morgan fingerprint density at radius 2 is 1.39 bits per heavy atom. The maximum atomic E-state index is 12.5. The fraction of sp³-hybridized carbons (Fsp3) is 0.750. The first-order valence-corrected chi connectivity index (χ1v) is 17.4. The predicted molar refractivity (Wildman–Crippen MR) is 132 cm³/mol. The zero-order valence-corrected chi connectivity index (χ0v) is 25.0. The van der Waals surface area contributed by atoms with Crippen molar-refractivity contribution in [1.82, 2.24) is 9.55 Å². The zero-order chi connectivity index (χ0) is 31.1. The largest absolute Gasteiger partial charge is 0.472 e. The number of aromatic amines is 1. The normalized spacial score (nSPS) is 24.0. The second kappa shape index (κ2) is 15.2. The van der Waals surface area contributed by atoms with E-state index in [2.05, 4.69) is 27.1 Å². The number of rotatable bonds is 18. The van der Waals surface area contributed by atoms with Crippen molar-refractivity contribution in [3.63, 3.8) is 0 Å². The molecule has 0 radical (unpaired) electrons. The second-order valence-electron chi connectivity index (χ2n) is 7.93. The van der Waals surface area contributed by atoms with Gasteiger partial charge in [-0.1, -0.05) is 0 Å². The number of nitrogens with zero attached hydrogens (tertiary/aromatic N) is 1. The third kappa shape index (κ3) is 13.1. The Balaban J connectivity index is 1.93. The summed E-state index contributed by atoms with van der Waals surface area (Å²) < 4.78 is 85.2. The lowest BCUT2D eigenvalue weighted by molar-refractivity contribution is -0.0458. The summed E-state index contributed by atoms with van der Waals surface area (Å²) in [7, 11) is -19.1. The molecule has 1 aliphatic rings. The highest BCUT2D eigenvalue weighted by atomic mass is 31.2. The maximum Gasteiger partial charge on any atom is 0.472 e. The predicted octanol–water partition coefficient (Wildman–Crippen LogP) is 0.0311. The Labute approximate surface area is 231 Å². The topological polar surface area (TPSA) is 298 Å². The minimum Gasteiger partial charge on any atom is -0.349 e. The minimum absolute atomic E-state index is 0.119. The molecule has 6 unspecified atom stereocenters. The lowest BCUT2D eigenvalue weighted by Crippen LogP contribution is -2.33. The van der Waals surface area contributed by atoms with E-state index in [1.165, 1.54) is 13.8 Å². The summed E-state index contributed by atoms with van der Waals surface area (Å²) in [6.07, 6.45) is -3.25. The lowest BCUT2D eigenvalue weighted by Gasteiger charge is -2.21. The molecule has 41 heavy (non-hydrogen) atoms. The van der Waals surface area contributed by atoms with Crippen LogP contribution in [0.25, 0.3) is 0 Å². The number of hydrogen-bond donors (Lipinski definition) is 6. The number of phosphoric ester groups is 4. The number of nitrogens with one attached hydrogen (secondary N) is 1. The van der Waals surface area contributed by atoms with Crippen LogP contribution in [0.2, 0.25) is 0 Å². The number of aryl methyl sites for hydroxylation is 1. The molecule has 1 saturated heterocycles. The fourth-order valence-corrected chi connectivity index (χ4v) is 5.81. The number of aromatic nitrogens is 2. The van der Waals surface area contributed by atoms with E-state index in [1.54, 1.807) is 0 Å². The van der Waals surface area contributed by atoms with Gasteiger partial charge in [-0.05, 0) is 13.8 Å². The van der Waals surface area contributed by atoms with E-state index in [9.17, 15) is 42.5 Å². The van der Waals surface area contributed by atoms with Gasteiger partial charge in [0.15, 0.2) is 0 Å². The van der Waals surface area contributed by atoms with E-state index >= 15 is 0 Å². The molecule has 2 rings (SSSR count). The second-order valence-corrected chi connectivity index (χ2v) is 13.5. The molecule has 0 bridgehead atoms. The molecule has 0 spiro atoms. The highest BCUT2D eigenvalue weighted by Gasteiger charge is 2.43. The van der Waals surface area contributed by atoms with Gasteiger partial charge in [-0.2, -0.15) is 0 Å². The van der Waals surface area contributed by atoms with E-state index in [1.807, 2.05) is 4.98 Å². The van der Waals surface area contributed by atoms with E-state index in [-0.39, 0.29) is 18.6 Å². The summed E-state index contributed by atoms with van der Waals surface area (Å²) in [5, 5.41) is 0. The Morgan fingerprint density at radius 3 is 1.90 bits per heavy atom. The summed E-state index contributed by atoms with van der Waals surface area (Å²) in [4.78, 5) is 72.8. The molecule has 2 heterocycles. The van der Waals surface area contributed by atoms with Crippen LogP contribution in [0.3, 0.4) is 0 Å². The van der Waals surface area contributed by atoms with Gasteiger partial charge >= 0.3 is 37.0 Å². The van der Waals surface area contributed by atoms with Gasteiger partial charge in [0.05, 0.1) is 39.6 Å². The quantitative estimate of drug-likeness (QED) is 0.0881. The van der Waals surface area contributed by atoms with Gasteiger partial charge in [-0.15, -0.1) is 0 Å². The first-order chi connectivity index (χ1) is 18.8. The van der Waals surface area contributed by atoms with Crippen LogP contribution in [0.5, 0.6) is 0 Å². The van der Waals surface area contributed by atoms with Gasteiger partial charge in [-0.25, -0.2) is 23.1 Å². The average Bonchev–Trinajstić information content (AvgIpc) is 3.22. The Bertz CT molecular complexity index is 1320. The number of ether oxygens (including phenoxy) is 1. The highest BCUT2D eigenvalue weighted by molar-refractivity contribution is 7.48. The van der Waals surface area contributed by atoms with Gasteiger partial charge in [-0.3, -0.25) is 46.0 Å². The Morgan fingerprint density at radius 1 is 0.878 bits per heavy atom. The van der Waals surface area contributed by atoms with Crippen molar-refractivity contribution in [3.05, 3.63) is 32.6 Å². The minimum atomic E-state index is -5.00. The molecular weight excluding hydrogens is 648 g/mol. The summed E-state index contributed by atoms with van der Waals surface area (Å²) in [5.74, 6) is 0. The van der Waals surface area contributed by atoms with Crippen molar-refractivity contribution >= 4 is 31.3 Å². The van der Waals surface area contributed by atoms with E-state index in [0.717, 1.165) is 10.8 Å². The van der Waals surface area contributed by atoms with E-state index in [0.29, 0.717) is 0 Å². The molecule has 21 nitrogen and oxygen atoms in total. The summed E-state index contributed by atoms with van der Waals surface area (Å²) >= 11 is 0. The molecule has 0 aromatic carbocycles. The molecule has 1 aromatic rings. The molecule has 0 amide bonds. The SMILES string of the molecule is CCOP(=O)(O)OCCOP(=O)(O)OCCOP(=O)(O)OC1CC(n2cc(C)c(=O)[nH]c2=O)OC1COP(=O)(O)O. The average molecular weight is 678 g/mol. The summed E-state index contributed by atoms with van der Waals surface area (Å²) in [5.41, 5.74) is -1.45. The molecule has 0 saturated carbocycles. The van der Waals surface area contributed by atoms with Crippen LogP contribution >= 0.6 is 31.3 Å². The lowest BCUT2D eigenvalue weighted by atomic mass is 10.2. The fourth-order valence-electron chi connectivity index (χ4n) is 3.15.